The lowest BCUT2D eigenvalue weighted by molar-refractivity contribution is -0.436. The first-order valence-electron chi connectivity index (χ1n) is 6.73. The maximum absolute atomic E-state index is 11.8. The number of carbonyl (C=O) groups is 1. The van der Waals surface area contributed by atoms with Gasteiger partial charge in [-0.15, -0.1) is 0 Å². The number of nitrogens with zero attached hydrogens (tertiary/aromatic N) is 1. The Morgan fingerprint density at radius 1 is 1.22 bits per heavy atom. The lowest BCUT2D eigenvalue weighted by Gasteiger charge is -2.08. The highest BCUT2D eigenvalue weighted by molar-refractivity contribution is 6.30. The number of nitro groups is 1. The molecular formula is C16H11ClN2O4. The van der Waals surface area contributed by atoms with Gasteiger partial charge in [0.15, 0.2) is 0 Å². The number of halogens is 1. The third kappa shape index (κ3) is 3.02. The maximum atomic E-state index is 11.8. The minimum atomic E-state index is -1.03. The molecule has 0 spiro atoms. The van der Waals surface area contributed by atoms with E-state index < -0.39 is 17.0 Å². The number of rotatable bonds is 4. The molecule has 0 fully saturated rings. The number of benzene rings is 2. The molecule has 1 aliphatic rings. The van der Waals surface area contributed by atoms with Crippen LogP contribution < -0.4 is 5.32 Å². The number of cyclic esters (lactones) is 1. The van der Waals surface area contributed by atoms with Gasteiger partial charge in [-0.25, -0.2) is 4.79 Å². The zero-order valence-corrected chi connectivity index (χ0v) is 12.5. The Bertz CT molecular complexity index is 802. The first-order chi connectivity index (χ1) is 11.1. The number of hydrogen-bond donors (Lipinski definition) is 1. The quantitative estimate of drug-likeness (QED) is 0.524. The van der Waals surface area contributed by atoms with Crippen molar-refractivity contribution in [2.45, 2.75) is 6.10 Å². The highest BCUT2D eigenvalue weighted by atomic mass is 35.5. The van der Waals surface area contributed by atoms with E-state index in [0.717, 1.165) is 0 Å². The molecule has 7 heteroatoms. The van der Waals surface area contributed by atoms with Crippen molar-refractivity contribution in [2.24, 2.45) is 0 Å². The van der Waals surface area contributed by atoms with Crippen molar-refractivity contribution < 1.29 is 14.5 Å². The van der Waals surface area contributed by atoms with E-state index in [0.29, 0.717) is 21.8 Å². The Hall–Kier alpha value is -2.86. The molecule has 0 unspecified atom stereocenters. The maximum Gasteiger partial charge on any atom is 0.339 e. The number of hydrogen-bond acceptors (Lipinski definition) is 5. The van der Waals surface area contributed by atoms with Crippen LogP contribution in [0.5, 0.6) is 0 Å². The second-order valence-corrected chi connectivity index (χ2v) is 5.29. The smallest absolute Gasteiger partial charge is 0.339 e. The number of esters is 1. The molecule has 0 amide bonds. The van der Waals surface area contributed by atoms with E-state index in [-0.39, 0.29) is 5.70 Å². The fourth-order valence-electron chi connectivity index (χ4n) is 2.29. The molecule has 0 aromatic heterocycles. The van der Waals surface area contributed by atoms with Crippen molar-refractivity contribution in [3.63, 3.8) is 0 Å². The molecule has 23 heavy (non-hydrogen) atoms. The molecule has 2 aromatic rings. The second kappa shape index (κ2) is 6.10. The van der Waals surface area contributed by atoms with Crippen LogP contribution in [0.1, 0.15) is 22.0 Å². The molecule has 1 atom stereocenters. The van der Waals surface area contributed by atoms with Gasteiger partial charge in [0.2, 0.25) is 6.10 Å². The molecule has 1 heterocycles. The summed E-state index contributed by atoms with van der Waals surface area (Å²) in [6, 6.07) is 13.3. The summed E-state index contributed by atoms with van der Waals surface area (Å²) in [5.41, 5.74) is 1.21. The van der Waals surface area contributed by atoms with Gasteiger partial charge in [-0.3, -0.25) is 10.1 Å². The fraction of sp³-hybridized carbons (Fsp3) is 0.0625. The first kappa shape index (κ1) is 15.1. The SMILES string of the molecule is O=C1O[C@H](C(=CNc2ccc(Cl)cc2)[N+](=O)[O-])c2ccccc21. The summed E-state index contributed by atoms with van der Waals surface area (Å²) in [7, 11) is 0. The largest absolute Gasteiger partial charge is 0.442 e. The third-order valence-electron chi connectivity index (χ3n) is 3.40. The van der Waals surface area contributed by atoms with Crippen molar-refractivity contribution >= 4 is 23.3 Å². The summed E-state index contributed by atoms with van der Waals surface area (Å²) >= 11 is 5.79. The molecule has 1 N–H and O–H groups in total. The topological polar surface area (TPSA) is 81.5 Å². The van der Waals surface area contributed by atoms with Gasteiger partial charge in [0.05, 0.1) is 16.7 Å². The summed E-state index contributed by atoms with van der Waals surface area (Å²) in [6.07, 6.45) is 0.192. The van der Waals surface area contributed by atoms with E-state index in [9.17, 15) is 14.9 Å². The standard InChI is InChI=1S/C16H11ClN2O4/c17-10-5-7-11(8-6-10)18-9-14(19(21)22)15-12-3-1-2-4-13(12)16(20)23-15/h1-9,15,18H/t15-/m0/s1. The normalized spacial score (nSPS) is 16.7. The molecule has 0 radical (unpaired) electrons. The van der Waals surface area contributed by atoms with Crippen molar-refractivity contribution in [1.29, 1.82) is 0 Å². The molecular weight excluding hydrogens is 320 g/mol. The Balaban J connectivity index is 1.91. The Kier molecular flexibility index (Phi) is 3.99. The van der Waals surface area contributed by atoms with Crippen LogP contribution in [0.2, 0.25) is 5.02 Å². The van der Waals surface area contributed by atoms with Crippen molar-refractivity contribution in [1.82, 2.24) is 0 Å². The van der Waals surface area contributed by atoms with Crippen LogP contribution in [0, 0.1) is 10.1 Å². The summed E-state index contributed by atoms with van der Waals surface area (Å²) in [6.45, 7) is 0. The van der Waals surface area contributed by atoms with E-state index in [1.165, 1.54) is 6.20 Å². The van der Waals surface area contributed by atoms with Crippen molar-refractivity contribution in [2.75, 3.05) is 5.32 Å². The number of ether oxygens (including phenoxy) is 1. The summed E-state index contributed by atoms with van der Waals surface area (Å²) in [4.78, 5) is 22.6. The Morgan fingerprint density at radius 2 is 1.91 bits per heavy atom. The summed E-state index contributed by atoms with van der Waals surface area (Å²) in [5.74, 6) is -0.565. The van der Waals surface area contributed by atoms with Crippen LogP contribution in [-0.2, 0) is 4.74 Å². The van der Waals surface area contributed by atoms with Gasteiger partial charge in [0.25, 0.3) is 0 Å². The van der Waals surface area contributed by atoms with Gasteiger partial charge in [-0.1, -0.05) is 29.8 Å². The molecule has 0 bridgehead atoms. The van der Waals surface area contributed by atoms with E-state index in [2.05, 4.69) is 5.32 Å². The predicted octanol–water partition coefficient (Wildman–Crippen LogP) is 3.78. The van der Waals surface area contributed by atoms with Crippen LogP contribution in [0.15, 0.2) is 60.4 Å². The second-order valence-electron chi connectivity index (χ2n) is 4.85. The van der Waals surface area contributed by atoms with Gasteiger partial charge in [0, 0.05) is 16.3 Å². The van der Waals surface area contributed by atoms with Gasteiger partial charge in [-0.05, 0) is 30.3 Å². The molecule has 6 nitrogen and oxygen atoms in total. The van der Waals surface area contributed by atoms with Crippen LogP contribution in [0.25, 0.3) is 0 Å². The van der Waals surface area contributed by atoms with E-state index >= 15 is 0 Å². The molecule has 0 aliphatic carbocycles. The lowest BCUT2D eigenvalue weighted by atomic mass is 10.0. The highest BCUT2D eigenvalue weighted by Crippen LogP contribution is 2.35. The Labute approximate surface area is 136 Å². The fourth-order valence-corrected chi connectivity index (χ4v) is 2.42. The van der Waals surface area contributed by atoms with Gasteiger partial charge >= 0.3 is 11.7 Å². The van der Waals surface area contributed by atoms with Gasteiger partial charge < -0.3 is 10.1 Å². The number of nitrogens with one attached hydrogen (secondary N) is 1. The number of carbonyl (C=O) groups excluding carboxylic acids is 1. The minimum absolute atomic E-state index is 0.252. The summed E-state index contributed by atoms with van der Waals surface area (Å²) < 4.78 is 5.15. The van der Waals surface area contributed by atoms with E-state index in [4.69, 9.17) is 16.3 Å². The average molecular weight is 331 g/mol. The number of anilines is 1. The monoisotopic (exact) mass is 330 g/mol. The third-order valence-corrected chi connectivity index (χ3v) is 3.65. The predicted molar refractivity (Wildman–Crippen MR) is 84.8 cm³/mol. The molecule has 0 saturated heterocycles. The Morgan fingerprint density at radius 3 is 2.61 bits per heavy atom. The van der Waals surface area contributed by atoms with E-state index in [1.807, 2.05) is 0 Å². The van der Waals surface area contributed by atoms with Gasteiger partial charge in [0.1, 0.15) is 0 Å². The average Bonchev–Trinajstić information content (AvgIpc) is 2.87. The summed E-state index contributed by atoms with van der Waals surface area (Å²) in [5, 5.41) is 14.7. The molecule has 116 valence electrons. The zero-order valence-electron chi connectivity index (χ0n) is 11.7. The van der Waals surface area contributed by atoms with Crippen LogP contribution in [0.3, 0.4) is 0 Å². The zero-order chi connectivity index (χ0) is 16.4. The van der Waals surface area contributed by atoms with E-state index in [1.54, 1.807) is 48.5 Å². The van der Waals surface area contributed by atoms with Crippen LogP contribution >= 0.6 is 11.6 Å². The molecule has 2 aromatic carbocycles. The highest BCUT2D eigenvalue weighted by Gasteiger charge is 2.39. The minimum Gasteiger partial charge on any atom is -0.442 e. The first-order valence-corrected chi connectivity index (χ1v) is 7.10. The molecule has 0 saturated carbocycles. The van der Waals surface area contributed by atoms with Crippen molar-refractivity contribution in [3.05, 3.63) is 86.7 Å². The lowest BCUT2D eigenvalue weighted by Crippen LogP contribution is -2.12. The molecule has 3 rings (SSSR count). The number of fused-ring (bicyclic) bond motifs is 1. The molecule has 1 aliphatic heterocycles. The van der Waals surface area contributed by atoms with Crippen LogP contribution in [-0.4, -0.2) is 10.9 Å². The van der Waals surface area contributed by atoms with Crippen molar-refractivity contribution in [3.8, 4) is 0 Å². The van der Waals surface area contributed by atoms with Crippen LogP contribution in [0.4, 0.5) is 5.69 Å². The van der Waals surface area contributed by atoms with Gasteiger partial charge in [-0.2, -0.15) is 0 Å².